The van der Waals surface area contributed by atoms with Gasteiger partial charge in [-0.3, -0.25) is 4.79 Å². The van der Waals surface area contributed by atoms with E-state index in [0.717, 1.165) is 11.0 Å². The third kappa shape index (κ3) is 3.18. The third-order valence-electron chi connectivity index (χ3n) is 4.33. The summed E-state index contributed by atoms with van der Waals surface area (Å²) in [6, 6.07) is 11.7. The number of rotatable bonds is 6. The fourth-order valence-corrected chi connectivity index (χ4v) is 2.76. The third-order valence-corrected chi connectivity index (χ3v) is 4.33. The van der Waals surface area contributed by atoms with Crippen LogP contribution in [-0.4, -0.2) is 21.9 Å². The lowest BCUT2D eigenvalue weighted by Gasteiger charge is -2.11. The minimum absolute atomic E-state index is 0.102. The number of hydrogen-bond donors (Lipinski definition) is 0. The number of nitrogens with zero attached hydrogens (tertiary/aromatic N) is 2. The first-order valence-electron chi connectivity index (χ1n) is 8.27. The zero-order valence-electron chi connectivity index (χ0n) is 14.4. The number of aromatic nitrogens is 2. The fourth-order valence-electron chi connectivity index (χ4n) is 2.76. The molecular formula is C20H22N2O2. The Kier molecular flexibility index (Phi) is 4.65. The molecule has 0 spiro atoms. The zero-order chi connectivity index (χ0) is 17.1. The molecule has 2 aromatic carbocycles. The van der Waals surface area contributed by atoms with Gasteiger partial charge in [0.2, 0.25) is 0 Å². The molecule has 4 heteroatoms. The maximum Gasteiger partial charge on any atom is 0.166 e. The summed E-state index contributed by atoms with van der Waals surface area (Å²) in [5.74, 6) is 0.755. The number of carbonyl (C=O) groups is 1. The second kappa shape index (κ2) is 6.87. The van der Waals surface area contributed by atoms with Crippen LogP contribution in [0, 0.1) is 13.8 Å². The van der Waals surface area contributed by atoms with Crippen molar-refractivity contribution in [2.45, 2.75) is 33.7 Å². The van der Waals surface area contributed by atoms with Gasteiger partial charge < -0.3 is 9.30 Å². The molecule has 0 aliphatic rings. The Morgan fingerprint density at radius 2 is 1.92 bits per heavy atom. The summed E-state index contributed by atoms with van der Waals surface area (Å²) >= 11 is 0. The number of para-hydroxylation sites is 1. The molecule has 0 aliphatic heterocycles. The van der Waals surface area contributed by atoms with Crippen LogP contribution in [-0.2, 0) is 6.54 Å². The van der Waals surface area contributed by atoms with E-state index in [0.29, 0.717) is 30.9 Å². The molecule has 0 aliphatic carbocycles. The maximum atomic E-state index is 12.0. The number of fused-ring (bicyclic) bond motifs is 1. The van der Waals surface area contributed by atoms with E-state index in [-0.39, 0.29) is 5.78 Å². The second-order valence-corrected chi connectivity index (χ2v) is 5.98. The van der Waals surface area contributed by atoms with E-state index in [2.05, 4.69) is 35.5 Å². The molecule has 4 nitrogen and oxygen atoms in total. The smallest absolute Gasteiger partial charge is 0.166 e. The Labute approximate surface area is 142 Å². The van der Waals surface area contributed by atoms with Gasteiger partial charge in [-0.25, -0.2) is 4.98 Å². The molecule has 24 heavy (non-hydrogen) atoms. The first kappa shape index (κ1) is 16.2. The summed E-state index contributed by atoms with van der Waals surface area (Å²) in [4.78, 5) is 16.4. The Balaban J connectivity index is 1.74. The van der Waals surface area contributed by atoms with E-state index >= 15 is 0 Å². The van der Waals surface area contributed by atoms with Gasteiger partial charge in [-0.2, -0.15) is 0 Å². The van der Waals surface area contributed by atoms with Crippen LogP contribution >= 0.6 is 0 Å². The zero-order valence-corrected chi connectivity index (χ0v) is 14.4. The molecule has 0 radical (unpaired) electrons. The second-order valence-electron chi connectivity index (χ2n) is 5.98. The highest BCUT2D eigenvalue weighted by molar-refractivity contribution is 5.98. The topological polar surface area (TPSA) is 44.1 Å². The summed E-state index contributed by atoms with van der Waals surface area (Å²) in [6.07, 6.45) is 2.32. The molecule has 0 atom stereocenters. The molecule has 0 unspecified atom stereocenters. The Hall–Kier alpha value is -2.62. The molecule has 0 saturated carbocycles. The van der Waals surface area contributed by atoms with Gasteiger partial charge in [-0.15, -0.1) is 0 Å². The molecule has 3 rings (SSSR count). The van der Waals surface area contributed by atoms with Gasteiger partial charge in [0.05, 0.1) is 29.5 Å². The minimum atomic E-state index is 0.102. The molecule has 0 amide bonds. The van der Waals surface area contributed by atoms with Gasteiger partial charge in [0.15, 0.2) is 5.78 Å². The quantitative estimate of drug-likeness (QED) is 0.635. The summed E-state index contributed by atoms with van der Waals surface area (Å²) < 4.78 is 7.96. The van der Waals surface area contributed by atoms with Gasteiger partial charge in [-0.05, 0) is 49.2 Å². The number of carbonyl (C=O) groups excluding carboxylic acids is 1. The molecule has 0 bridgehead atoms. The van der Waals surface area contributed by atoms with Gasteiger partial charge in [0, 0.05) is 6.42 Å². The average molecular weight is 322 g/mol. The van der Waals surface area contributed by atoms with Crippen LogP contribution < -0.4 is 4.74 Å². The number of Topliss-reactive ketones (excluding diaryl/α,β-unsaturated/α-hetero) is 1. The monoisotopic (exact) mass is 322 g/mol. The molecule has 1 aromatic heterocycles. The van der Waals surface area contributed by atoms with Crippen LogP contribution in [0.2, 0.25) is 0 Å². The Bertz CT molecular complexity index is 880. The van der Waals surface area contributed by atoms with Crippen molar-refractivity contribution in [3.63, 3.8) is 0 Å². The molecular weight excluding hydrogens is 300 g/mol. The molecule has 3 aromatic rings. The summed E-state index contributed by atoms with van der Waals surface area (Å²) in [5, 5.41) is 0. The van der Waals surface area contributed by atoms with Crippen molar-refractivity contribution in [2.75, 3.05) is 6.61 Å². The minimum Gasteiger partial charge on any atom is -0.491 e. The predicted molar refractivity (Wildman–Crippen MR) is 95.8 cm³/mol. The molecule has 0 saturated heterocycles. The lowest BCUT2D eigenvalue weighted by atomic mass is 10.1. The average Bonchev–Trinajstić information content (AvgIpc) is 2.97. The summed E-state index contributed by atoms with van der Waals surface area (Å²) in [6.45, 7) is 7.24. The highest BCUT2D eigenvalue weighted by Gasteiger charge is 2.10. The van der Waals surface area contributed by atoms with Crippen molar-refractivity contribution < 1.29 is 9.53 Å². The van der Waals surface area contributed by atoms with Crippen LogP contribution in [0.25, 0.3) is 11.0 Å². The maximum absolute atomic E-state index is 12.0. The van der Waals surface area contributed by atoms with Crippen molar-refractivity contribution in [1.29, 1.82) is 0 Å². The van der Waals surface area contributed by atoms with E-state index in [9.17, 15) is 4.79 Å². The van der Waals surface area contributed by atoms with Gasteiger partial charge >= 0.3 is 0 Å². The SMILES string of the molecule is CCC(=O)c1ccccc1OCCn1cnc2cc(C)c(C)cc21. The number of aryl methyl sites for hydroxylation is 2. The summed E-state index contributed by atoms with van der Waals surface area (Å²) in [5.41, 5.74) is 5.27. The molecule has 124 valence electrons. The van der Waals surface area contributed by atoms with E-state index in [1.807, 2.05) is 37.5 Å². The number of benzene rings is 2. The molecule has 0 N–H and O–H groups in total. The van der Waals surface area contributed by atoms with E-state index in [1.54, 1.807) is 0 Å². The Morgan fingerprint density at radius 1 is 1.17 bits per heavy atom. The number of hydrogen-bond acceptors (Lipinski definition) is 3. The highest BCUT2D eigenvalue weighted by atomic mass is 16.5. The number of ether oxygens (including phenoxy) is 1. The fraction of sp³-hybridized carbons (Fsp3) is 0.300. The van der Waals surface area contributed by atoms with Crippen LogP contribution in [0.15, 0.2) is 42.7 Å². The van der Waals surface area contributed by atoms with Crippen LogP contribution in [0.3, 0.4) is 0 Å². The largest absolute Gasteiger partial charge is 0.491 e. The Morgan fingerprint density at radius 3 is 2.71 bits per heavy atom. The highest BCUT2D eigenvalue weighted by Crippen LogP contribution is 2.21. The van der Waals surface area contributed by atoms with Crippen LogP contribution in [0.5, 0.6) is 5.75 Å². The van der Waals surface area contributed by atoms with Crippen molar-refractivity contribution in [1.82, 2.24) is 9.55 Å². The molecule has 0 fully saturated rings. The number of imidazole rings is 1. The predicted octanol–water partition coefficient (Wildman–Crippen LogP) is 4.32. The van der Waals surface area contributed by atoms with Crippen LogP contribution in [0.1, 0.15) is 34.8 Å². The van der Waals surface area contributed by atoms with E-state index in [4.69, 9.17) is 4.74 Å². The standard InChI is InChI=1S/C20H22N2O2/c1-4-19(23)16-7-5-6-8-20(16)24-10-9-22-13-21-17-11-14(2)15(3)12-18(17)22/h5-8,11-13H,4,9-10H2,1-3H3. The first-order valence-corrected chi connectivity index (χ1v) is 8.27. The lowest BCUT2D eigenvalue weighted by Crippen LogP contribution is -2.09. The van der Waals surface area contributed by atoms with E-state index in [1.165, 1.54) is 11.1 Å². The van der Waals surface area contributed by atoms with Crippen molar-refractivity contribution in [2.24, 2.45) is 0 Å². The van der Waals surface area contributed by atoms with Crippen molar-refractivity contribution in [3.8, 4) is 5.75 Å². The number of ketones is 1. The van der Waals surface area contributed by atoms with Gasteiger partial charge in [0.25, 0.3) is 0 Å². The van der Waals surface area contributed by atoms with E-state index < -0.39 is 0 Å². The van der Waals surface area contributed by atoms with Crippen LogP contribution in [0.4, 0.5) is 0 Å². The first-order chi connectivity index (χ1) is 11.6. The normalized spacial score (nSPS) is 11.0. The van der Waals surface area contributed by atoms with Gasteiger partial charge in [0.1, 0.15) is 12.4 Å². The van der Waals surface area contributed by atoms with Gasteiger partial charge in [-0.1, -0.05) is 19.1 Å². The van der Waals surface area contributed by atoms with Crippen molar-refractivity contribution in [3.05, 3.63) is 59.4 Å². The lowest BCUT2D eigenvalue weighted by molar-refractivity contribution is 0.0984. The summed E-state index contributed by atoms with van der Waals surface area (Å²) in [7, 11) is 0. The molecule has 1 heterocycles. The van der Waals surface area contributed by atoms with Crippen molar-refractivity contribution >= 4 is 16.8 Å².